The number of carbonyl (C=O) groups excluding carboxylic acids is 4. The van der Waals surface area contributed by atoms with E-state index >= 15 is 0 Å². The highest BCUT2D eigenvalue weighted by molar-refractivity contribution is 7.47. The summed E-state index contributed by atoms with van der Waals surface area (Å²) >= 11 is 0. The van der Waals surface area contributed by atoms with Crippen LogP contribution in [0.25, 0.3) is 0 Å². The number of carbonyl (C=O) groups is 4. The van der Waals surface area contributed by atoms with Gasteiger partial charge in [0, 0.05) is 25.7 Å². The van der Waals surface area contributed by atoms with Crippen LogP contribution < -0.4 is 0 Å². The Balaban J connectivity index is 5.34. The van der Waals surface area contributed by atoms with Gasteiger partial charge in [-0.1, -0.05) is 331 Å². The number of rotatable bonds is 79. The van der Waals surface area contributed by atoms with E-state index < -0.39 is 97.5 Å². The Morgan fingerprint density at radius 1 is 0.279 bits per heavy atom. The van der Waals surface area contributed by atoms with Crippen molar-refractivity contribution in [3.63, 3.8) is 0 Å². The Hall–Kier alpha value is -3.76. The zero-order valence-corrected chi connectivity index (χ0v) is 68.0. The van der Waals surface area contributed by atoms with E-state index in [4.69, 9.17) is 37.0 Å². The van der Waals surface area contributed by atoms with Crippen molar-refractivity contribution in [1.82, 2.24) is 0 Å². The van der Waals surface area contributed by atoms with Crippen molar-refractivity contribution < 1.29 is 80.2 Å². The Morgan fingerprint density at radius 2 is 0.500 bits per heavy atom. The number of esters is 4. The molecule has 17 nitrogen and oxygen atoms in total. The van der Waals surface area contributed by atoms with Gasteiger partial charge >= 0.3 is 39.5 Å². The van der Waals surface area contributed by atoms with Crippen molar-refractivity contribution in [2.75, 3.05) is 39.6 Å². The number of unbranched alkanes of at least 4 members (excludes halogenated alkanes) is 39. The molecule has 0 aromatic heterocycles. The molecule has 5 atom stereocenters. The Morgan fingerprint density at radius 3 is 0.788 bits per heavy atom. The number of aliphatic hydroxyl groups excluding tert-OH is 1. The molecule has 0 amide bonds. The van der Waals surface area contributed by atoms with Gasteiger partial charge in [-0.15, -0.1) is 0 Å². The van der Waals surface area contributed by atoms with Crippen molar-refractivity contribution in [2.45, 2.75) is 393 Å². The molecule has 0 fully saturated rings. The molecule has 0 heterocycles. The molecule has 0 bridgehead atoms. The van der Waals surface area contributed by atoms with Crippen molar-refractivity contribution in [1.29, 1.82) is 0 Å². The van der Waals surface area contributed by atoms with E-state index in [1.165, 1.54) is 135 Å². The third kappa shape index (κ3) is 76.4. The second kappa shape index (κ2) is 77.4. The predicted molar refractivity (Wildman–Crippen MR) is 427 cm³/mol. The molecular weight excluding hydrogens is 1350 g/mol. The number of hydrogen-bond donors (Lipinski definition) is 3. The van der Waals surface area contributed by atoms with Crippen LogP contribution in [0.2, 0.25) is 0 Å². The molecule has 0 radical (unpaired) electrons. The molecule has 3 N–H and O–H groups in total. The molecule has 0 rings (SSSR count). The molecule has 604 valence electrons. The zero-order chi connectivity index (χ0) is 76.0. The van der Waals surface area contributed by atoms with Crippen LogP contribution in [0, 0.1) is 0 Å². The summed E-state index contributed by atoms with van der Waals surface area (Å²) in [6, 6.07) is 0. The average molecular weight is 1510 g/mol. The van der Waals surface area contributed by atoms with Gasteiger partial charge in [0.2, 0.25) is 0 Å². The number of allylic oxidation sites excluding steroid dienone is 14. The summed E-state index contributed by atoms with van der Waals surface area (Å²) in [4.78, 5) is 73.1. The second-order valence-corrected chi connectivity index (χ2v) is 31.0. The minimum absolute atomic E-state index is 0.0941. The van der Waals surface area contributed by atoms with Crippen LogP contribution in [-0.2, 0) is 65.4 Å². The fourth-order valence-corrected chi connectivity index (χ4v) is 13.1. The summed E-state index contributed by atoms with van der Waals surface area (Å²) < 4.78 is 68.7. The van der Waals surface area contributed by atoms with Crippen LogP contribution >= 0.6 is 15.6 Å². The SMILES string of the molecule is CC/C=C\C/C=C\C/C=C\C/C=C\CCCCCCC(=O)OCC(COP(=O)(O)OCC(O)COP(=O)(O)OCC(COC(=O)CCCCCCCC/C=C\C/C=C\C/C=C\CCCCC)OC(=O)CCCCCCCCCCCCCCC)OC(=O)CCCCCCCCCCCCCCCCC. The minimum Gasteiger partial charge on any atom is -0.462 e. The molecule has 0 saturated carbocycles. The van der Waals surface area contributed by atoms with Gasteiger partial charge in [-0.2, -0.15) is 0 Å². The van der Waals surface area contributed by atoms with Crippen LogP contribution in [0.3, 0.4) is 0 Å². The highest BCUT2D eigenvalue weighted by atomic mass is 31.2. The van der Waals surface area contributed by atoms with Crippen molar-refractivity contribution >= 4 is 39.5 Å². The van der Waals surface area contributed by atoms with E-state index in [-0.39, 0.29) is 25.7 Å². The molecular formula is C85H152O17P2. The number of phosphoric ester groups is 2. The van der Waals surface area contributed by atoms with E-state index in [2.05, 4.69) is 113 Å². The summed E-state index contributed by atoms with van der Waals surface area (Å²) in [5.74, 6) is -2.18. The first-order valence-corrected chi connectivity index (χ1v) is 44.8. The number of phosphoric acid groups is 2. The normalized spacial score (nSPS) is 14.3. The summed E-state index contributed by atoms with van der Waals surface area (Å²) in [6.45, 7) is 4.77. The Kier molecular flexibility index (Phi) is 74.6. The lowest BCUT2D eigenvalue weighted by atomic mass is 10.0. The number of aliphatic hydroxyl groups is 1. The third-order valence-corrected chi connectivity index (χ3v) is 19.8. The van der Waals surface area contributed by atoms with Gasteiger partial charge in [-0.25, -0.2) is 9.13 Å². The van der Waals surface area contributed by atoms with Gasteiger partial charge in [0.1, 0.15) is 19.3 Å². The van der Waals surface area contributed by atoms with Crippen LogP contribution in [-0.4, -0.2) is 96.7 Å². The Labute approximate surface area is 634 Å². The topological polar surface area (TPSA) is 237 Å². The maximum absolute atomic E-state index is 13.1. The molecule has 104 heavy (non-hydrogen) atoms. The van der Waals surface area contributed by atoms with Crippen LogP contribution in [0.5, 0.6) is 0 Å². The summed E-state index contributed by atoms with van der Waals surface area (Å²) in [5, 5.41) is 10.7. The lowest BCUT2D eigenvalue weighted by molar-refractivity contribution is -0.161. The smallest absolute Gasteiger partial charge is 0.462 e. The van der Waals surface area contributed by atoms with Crippen LogP contribution in [0.1, 0.15) is 374 Å². The monoisotopic (exact) mass is 1510 g/mol. The van der Waals surface area contributed by atoms with Crippen LogP contribution in [0.4, 0.5) is 0 Å². The minimum atomic E-state index is -4.98. The molecule has 0 aromatic carbocycles. The molecule has 0 aliphatic heterocycles. The maximum atomic E-state index is 13.1. The van der Waals surface area contributed by atoms with Gasteiger partial charge in [0.25, 0.3) is 0 Å². The highest BCUT2D eigenvalue weighted by Crippen LogP contribution is 2.45. The molecule has 0 saturated heterocycles. The van der Waals surface area contributed by atoms with Crippen LogP contribution in [0.15, 0.2) is 85.1 Å². The Bertz CT molecular complexity index is 2300. The molecule has 0 aliphatic rings. The van der Waals surface area contributed by atoms with E-state index in [1.807, 2.05) is 0 Å². The summed E-state index contributed by atoms with van der Waals surface area (Å²) in [6.07, 6.45) is 81.1. The van der Waals surface area contributed by atoms with Gasteiger partial charge in [0.15, 0.2) is 12.2 Å². The quantitative estimate of drug-likeness (QED) is 0.0169. The van der Waals surface area contributed by atoms with E-state index in [0.717, 1.165) is 161 Å². The summed E-state index contributed by atoms with van der Waals surface area (Å²) in [5.41, 5.74) is 0. The molecule has 0 aromatic rings. The second-order valence-electron chi connectivity index (χ2n) is 28.1. The van der Waals surface area contributed by atoms with Crippen molar-refractivity contribution in [3.8, 4) is 0 Å². The number of hydrogen-bond acceptors (Lipinski definition) is 15. The van der Waals surface area contributed by atoms with Gasteiger partial charge in [0.05, 0.1) is 26.4 Å². The van der Waals surface area contributed by atoms with Gasteiger partial charge in [-0.3, -0.25) is 37.3 Å². The first kappa shape index (κ1) is 100. The largest absolute Gasteiger partial charge is 0.472 e. The first-order chi connectivity index (χ1) is 50.7. The standard InChI is InChI=1S/C85H152O17P2/c1-5-9-13-17-21-25-29-33-36-38-39-41-44-47-50-54-58-62-66-70-83(88)95-75-80(101-84(89)71-67-63-59-55-51-45-32-28-24-20-16-12-8-4)77-99-103(91,92)97-73-79(86)74-98-104(93,94)100-78-81(102-85(90)72-68-64-60-56-52-48-42-35-31-27-23-19-15-11-7-3)76-96-82(87)69-65-61-57-53-49-46-43-40-37-34-30-26-22-18-14-10-6-2/h10,14,21-22,25-26,33-34,36-37,39,41,43,46,79-81,86H,5-9,11-13,15-20,23-24,27-32,35,38,40,42,44-45,47-78H2,1-4H3,(H,91,92)(H,93,94)/b14-10-,25-21-,26-22-,36-33-,37-34-,41-39-,46-43-. The predicted octanol–water partition coefficient (Wildman–Crippen LogP) is 24.6. The van der Waals surface area contributed by atoms with Gasteiger partial charge in [-0.05, 0) is 103 Å². The van der Waals surface area contributed by atoms with Crippen molar-refractivity contribution in [2.24, 2.45) is 0 Å². The number of ether oxygens (including phenoxy) is 4. The third-order valence-electron chi connectivity index (χ3n) is 17.9. The molecule has 0 spiro atoms. The average Bonchev–Trinajstić information content (AvgIpc) is 0.939. The lowest BCUT2D eigenvalue weighted by Crippen LogP contribution is -2.30. The fourth-order valence-electron chi connectivity index (χ4n) is 11.5. The lowest BCUT2D eigenvalue weighted by Gasteiger charge is -2.21. The van der Waals surface area contributed by atoms with Crippen molar-refractivity contribution in [3.05, 3.63) is 85.1 Å². The summed E-state index contributed by atoms with van der Waals surface area (Å²) in [7, 11) is -9.96. The molecule has 19 heteroatoms. The fraction of sp³-hybridized carbons (Fsp3) is 0.788. The first-order valence-electron chi connectivity index (χ1n) is 41.8. The van der Waals surface area contributed by atoms with E-state index in [0.29, 0.717) is 25.7 Å². The van der Waals surface area contributed by atoms with Gasteiger partial charge < -0.3 is 33.8 Å². The maximum Gasteiger partial charge on any atom is 0.472 e. The van der Waals surface area contributed by atoms with E-state index in [9.17, 15) is 43.2 Å². The van der Waals surface area contributed by atoms with E-state index in [1.54, 1.807) is 0 Å². The highest BCUT2D eigenvalue weighted by Gasteiger charge is 2.30. The molecule has 0 aliphatic carbocycles. The zero-order valence-electron chi connectivity index (χ0n) is 66.2. The molecule has 5 unspecified atom stereocenters.